The van der Waals surface area contributed by atoms with Crippen LogP contribution in [0.4, 0.5) is 0 Å². The molecule has 1 N–H and O–H groups in total. The number of ether oxygens (including phenoxy) is 2. The van der Waals surface area contributed by atoms with E-state index in [0.29, 0.717) is 25.7 Å². The number of nitrogens with zero attached hydrogens (tertiary/aromatic N) is 2. The summed E-state index contributed by atoms with van der Waals surface area (Å²) >= 11 is 0. The van der Waals surface area contributed by atoms with Gasteiger partial charge in [-0.2, -0.15) is 0 Å². The topological polar surface area (TPSA) is 48.3 Å². The maximum absolute atomic E-state index is 5.51. The van der Waals surface area contributed by atoms with Gasteiger partial charge in [0.25, 0.3) is 0 Å². The number of rotatable bonds is 10. The lowest BCUT2D eigenvalue weighted by molar-refractivity contribution is 0.0661. The highest BCUT2D eigenvalue weighted by atomic mass is 16.5. The number of methoxy groups -OCH3 is 1. The summed E-state index contributed by atoms with van der Waals surface area (Å²) in [6.45, 7) is 11.1. The molecular formula is C14H27N3O2. The zero-order valence-corrected chi connectivity index (χ0v) is 12.6. The molecule has 19 heavy (non-hydrogen) atoms. The molecule has 1 rings (SSSR count). The van der Waals surface area contributed by atoms with Crippen molar-refractivity contribution in [1.82, 2.24) is 14.9 Å². The minimum absolute atomic E-state index is 0.644. The van der Waals surface area contributed by atoms with Gasteiger partial charge in [0.05, 0.1) is 25.5 Å². The molecule has 0 bridgehead atoms. The first-order chi connectivity index (χ1) is 9.15. The molecule has 0 spiro atoms. The van der Waals surface area contributed by atoms with Gasteiger partial charge in [0.2, 0.25) is 0 Å². The first-order valence-electron chi connectivity index (χ1n) is 6.93. The lowest BCUT2D eigenvalue weighted by Crippen LogP contribution is -2.22. The van der Waals surface area contributed by atoms with Gasteiger partial charge in [0.1, 0.15) is 5.82 Å². The summed E-state index contributed by atoms with van der Waals surface area (Å²) in [5, 5.41) is 3.44. The fourth-order valence-corrected chi connectivity index (χ4v) is 1.85. The van der Waals surface area contributed by atoms with Gasteiger partial charge in [0, 0.05) is 26.4 Å². The summed E-state index contributed by atoms with van der Waals surface area (Å²) in [5.74, 6) is 1.70. The maximum Gasteiger partial charge on any atom is 0.105 e. The van der Waals surface area contributed by atoms with E-state index in [1.807, 2.05) is 13.1 Å². The molecule has 0 atom stereocenters. The quantitative estimate of drug-likeness (QED) is 0.655. The number of hydrogen-bond acceptors (Lipinski definition) is 4. The van der Waals surface area contributed by atoms with E-state index in [1.165, 1.54) is 5.69 Å². The van der Waals surface area contributed by atoms with Crippen LogP contribution in [0.3, 0.4) is 0 Å². The van der Waals surface area contributed by atoms with Crippen LogP contribution in [0.25, 0.3) is 0 Å². The normalized spacial score (nSPS) is 11.4. The van der Waals surface area contributed by atoms with Crippen LogP contribution >= 0.6 is 0 Å². The van der Waals surface area contributed by atoms with Crippen LogP contribution in [0.15, 0.2) is 6.20 Å². The van der Waals surface area contributed by atoms with E-state index in [1.54, 1.807) is 7.11 Å². The van der Waals surface area contributed by atoms with E-state index in [4.69, 9.17) is 9.47 Å². The molecule has 1 aromatic rings. The van der Waals surface area contributed by atoms with Crippen molar-refractivity contribution in [3.05, 3.63) is 17.7 Å². The molecule has 0 aromatic carbocycles. The maximum atomic E-state index is 5.51. The van der Waals surface area contributed by atoms with Crippen LogP contribution in [0.1, 0.15) is 25.4 Å². The van der Waals surface area contributed by atoms with Crippen molar-refractivity contribution >= 4 is 0 Å². The lowest BCUT2D eigenvalue weighted by Gasteiger charge is -2.12. The Morgan fingerprint density at radius 3 is 2.79 bits per heavy atom. The van der Waals surface area contributed by atoms with Gasteiger partial charge >= 0.3 is 0 Å². The Balaban J connectivity index is 2.36. The molecule has 0 saturated heterocycles. The largest absolute Gasteiger partial charge is 0.382 e. The highest BCUT2D eigenvalue weighted by Gasteiger charge is 2.06. The number of hydrogen-bond donors (Lipinski definition) is 1. The lowest BCUT2D eigenvalue weighted by atomic mass is 10.2. The minimum Gasteiger partial charge on any atom is -0.382 e. The van der Waals surface area contributed by atoms with Gasteiger partial charge < -0.3 is 19.4 Å². The van der Waals surface area contributed by atoms with Crippen LogP contribution in [0.5, 0.6) is 0 Å². The van der Waals surface area contributed by atoms with Gasteiger partial charge in [-0.1, -0.05) is 13.8 Å². The number of aromatic nitrogens is 2. The second-order valence-electron chi connectivity index (χ2n) is 5.08. The fraction of sp³-hybridized carbons (Fsp3) is 0.786. The van der Waals surface area contributed by atoms with Crippen molar-refractivity contribution in [2.45, 2.75) is 33.9 Å². The molecule has 5 heteroatoms. The van der Waals surface area contributed by atoms with E-state index in [-0.39, 0.29) is 0 Å². The molecule has 110 valence electrons. The predicted octanol–water partition coefficient (Wildman–Crippen LogP) is 1.60. The molecule has 5 nitrogen and oxygen atoms in total. The van der Waals surface area contributed by atoms with Crippen molar-refractivity contribution in [3.63, 3.8) is 0 Å². The molecule has 0 aliphatic heterocycles. The Labute approximate surface area is 116 Å². The molecule has 0 radical (unpaired) electrons. The summed E-state index contributed by atoms with van der Waals surface area (Å²) in [7, 11) is 1.68. The Morgan fingerprint density at radius 2 is 2.11 bits per heavy atom. The van der Waals surface area contributed by atoms with Crippen LogP contribution in [-0.2, 0) is 22.6 Å². The zero-order chi connectivity index (χ0) is 14.1. The Kier molecular flexibility index (Phi) is 7.70. The van der Waals surface area contributed by atoms with E-state index in [2.05, 4.69) is 28.7 Å². The van der Waals surface area contributed by atoms with Gasteiger partial charge in [0.15, 0.2) is 0 Å². The second-order valence-corrected chi connectivity index (χ2v) is 5.08. The van der Waals surface area contributed by atoms with Crippen LogP contribution in [0.2, 0.25) is 0 Å². The molecule has 0 unspecified atom stereocenters. The smallest absolute Gasteiger partial charge is 0.105 e. The Bertz CT molecular complexity index is 350. The number of aryl methyl sites for hydroxylation is 1. The number of nitrogens with one attached hydrogen (secondary N) is 1. The molecule has 0 fully saturated rings. The summed E-state index contributed by atoms with van der Waals surface area (Å²) in [6, 6.07) is 0. The first-order valence-corrected chi connectivity index (χ1v) is 6.93. The van der Waals surface area contributed by atoms with E-state index < -0.39 is 0 Å². The second kappa shape index (κ2) is 9.07. The van der Waals surface area contributed by atoms with Crippen molar-refractivity contribution < 1.29 is 9.47 Å². The summed E-state index contributed by atoms with van der Waals surface area (Å²) in [5.41, 5.74) is 1.22. The summed E-state index contributed by atoms with van der Waals surface area (Å²) in [6.07, 6.45) is 1.94. The number of imidazole rings is 1. The summed E-state index contributed by atoms with van der Waals surface area (Å²) < 4.78 is 12.7. The highest BCUT2D eigenvalue weighted by molar-refractivity contribution is 5.04. The molecule has 1 heterocycles. The third kappa shape index (κ3) is 6.18. The first kappa shape index (κ1) is 16.1. The zero-order valence-electron chi connectivity index (χ0n) is 12.6. The highest BCUT2D eigenvalue weighted by Crippen LogP contribution is 2.05. The Morgan fingerprint density at radius 1 is 1.32 bits per heavy atom. The molecular weight excluding hydrogens is 242 g/mol. The molecule has 1 aromatic heterocycles. The van der Waals surface area contributed by atoms with E-state index >= 15 is 0 Å². The van der Waals surface area contributed by atoms with Gasteiger partial charge in [-0.25, -0.2) is 4.98 Å². The third-order valence-electron chi connectivity index (χ3n) is 2.89. The monoisotopic (exact) mass is 269 g/mol. The predicted molar refractivity (Wildman–Crippen MR) is 76.2 cm³/mol. The van der Waals surface area contributed by atoms with Crippen molar-refractivity contribution in [3.8, 4) is 0 Å². The van der Waals surface area contributed by atoms with E-state index in [0.717, 1.165) is 25.5 Å². The summed E-state index contributed by atoms with van der Waals surface area (Å²) in [4.78, 5) is 4.37. The van der Waals surface area contributed by atoms with Crippen LogP contribution < -0.4 is 5.32 Å². The fourth-order valence-electron chi connectivity index (χ4n) is 1.85. The Hall–Kier alpha value is -0.910. The SMILES string of the molecule is COCCOCCn1c(CNCC(C)C)cnc1C. The van der Waals surface area contributed by atoms with Gasteiger partial charge in [-0.05, 0) is 19.4 Å². The minimum atomic E-state index is 0.644. The van der Waals surface area contributed by atoms with Crippen molar-refractivity contribution in [2.75, 3.05) is 33.5 Å². The molecule has 0 saturated carbocycles. The standard InChI is InChI=1S/C14H27N3O2/c1-12(2)9-15-10-14-11-16-13(3)17(14)5-6-19-8-7-18-4/h11-12,15H,5-10H2,1-4H3. The molecule has 0 aliphatic rings. The van der Waals surface area contributed by atoms with Crippen molar-refractivity contribution in [2.24, 2.45) is 5.92 Å². The average molecular weight is 269 g/mol. The molecule has 0 aliphatic carbocycles. The van der Waals surface area contributed by atoms with Gasteiger partial charge in [-0.15, -0.1) is 0 Å². The van der Waals surface area contributed by atoms with Crippen LogP contribution in [-0.4, -0.2) is 43.0 Å². The third-order valence-corrected chi connectivity index (χ3v) is 2.89. The van der Waals surface area contributed by atoms with Crippen LogP contribution in [0, 0.1) is 12.8 Å². The van der Waals surface area contributed by atoms with Gasteiger partial charge in [-0.3, -0.25) is 0 Å². The van der Waals surface area contributed by atoms with E-state index in [9.17, 15) is 0 Å². The average Bonchev–Trinajstić information content (AvgIpc) is 2.70. The van der Waals surface area contributed by atoms with Crippen molar-refractivity contribution in [1.29, 1.82) is 0 Å². The molecule has 0 amide bonds.